The Morgan fingerprint density at radius 2 is 1.33 bits per heavy atom. The molecule has 21 heavy (non-hydrogen) atoms. The van der Waals surface area contributed by atoms with Crippen molar-refractivity contribution in [1.29, 1.82) is 0 Å². The first kappa shape index (κ1) is 20.4. The maximum atomic E-state index is 13.5. The molecule has 0 aromatic rings. The topological polar surface area (TPSA) is 36.9 Å². The molecule has 0 fully saturated rings. The molecule has 128 valence electrons. The number of hydrogen-bond acceptors (Lipinski definition) is 4. The summed E-state index contributed by atoms with van der Waals surface area (Å²) in [4.78, 5) is 0. The van der Waals surface area contributed by atoms with Gasteiger partial charge in [0.25, 0.3) is 6.17 Å². The second kappa shape index (κ2) is 6.68. The van der Waals surface area contributed by atoms with Crippen molar-refractivity contribution in [2.45, 2.75) is 24.3 Å². The van der Waals surface area contributed by atoms with E-state index in [4.69, 9.17) is 0 Å². The Kier molecular flexibility index (Phi) is 6.50. The predicted octanol–water partition coefficient (Wildman–Crippen LogP) is 2.80. The molecule has 0 aliphatic carbocycles. The van der Waals surface area contributed by atoms with Gasteiger partial charge in [0.2, 0.25) is 0 Å². The highest BCUT2D eigenvalue weighted by molar-refractivity contribution is 6.63. The van der Waals surface area contributed by atoms with E-state index in [0.717, 1.165) is 0 Å². The summed E-state index contributed by atoms with van der Waals surface area (Å²) < 4.78 is 126. The molecular formula is C7H9F9O4Si. The minimum Gasteiger partial charge on any atom is -0.373 e. The quantitative estimate of drug-likeness (QED) is 0.399. The van der Waals surface area contributed by atoms with Gasteiger partial charge in [-0.1, -0.05) is 0 Å². The van der Waals surface area contributed by atoms with Crippen LogP contribution in [0, 0.1) is 0 Å². The molecule has 0 saturated carbocycles. The summed E-state index contributed by atoms with van der Waals surface area (Å²) in [7, 11) is -5.05. The molecule has 0 aromatic heterocycles. The molecule has 1 atom stereocenters. The standard InChI is InChI=1S/C7H9F9O4Si/c1-17-21(18-2,20-3-19-7(14,15)16)6(12,13)4(8)5(9,10)11/h4H,3H2,1-2H3. The summed E-state index contributed by atoms with van der Waals surface area (Å²) in [6, 6.07) is 0. The van der Waals surface area contributed by atoms with Crippen LogP contribution in [-0.4, -0.2) is 54.1 Å². The van der Waals surface area contributed by atoms with Crippen LogP contribution in [0.25, 0.3) is 0 Å². The zero-order valence-corrected chi connectivity index (χ0v) is 11.3. The van der Waals surface area contributed by atoms with E-state index in [9.17, 15) is 39.5 Å². The molecule has 0 spiro atoms. The number of hydrogen-bond donors (Lipinski definition) is 0. The molecule has 0 heterocycles. The maximum Gasteiger partial charge on any atom is 0.579 e. The number of halogens is 9. The molecule has 4 nitrogen and oxygen atoms in total. The van der Waals surface area contributed by atoms with Gasteiger partial charge in [-0.2, -0.15) is 22.0 Å². The fourth-order valence-corrected chi connectivity index (χ4v) is 2.93. The second-order valence-electron chi connectivity index (χ2n) is 3.34. The van der Waals surface area contributed by atoms with E-state index in [2.05, 4.69) is 18.0 Å². The molecule has 0 radical (unpaired) electrons. The van der Waals surface area contributed by atoms with E-state index in [1.807, 2.05) is 0 Å². The van der Waals surface area contributed by atoms with E-state index >= 15 is 0 Å². The van der Waals surface area contributed by atoms with Gasteiger partial charge < -0.3 is 13.3 Å². The number of alkyl halides is 9. The lowest BCUT2D eigenvalue weighted by Gasteiger charge is -2.34. The van der Waals surface area contributed by atoms with Gasteiger partial charge in [0, 0.05) is 14.2 Å². The first-order valence-corrected chi connectivity index (χ1v) is 6.49. The van der Waals surface area contributed by atoms with Gasteiger partial charge in [-0.05, 0) is 0 Å². The van der Waals surface area contributed by atoms with Crippen molar-refractivity contribution in [3.63, 3.8) is 0 Å². The van der Waals surface area contributed by atoms with E-state index < -0.39 is 39.9 Å². The van der Waals surface area contributed by atoms with Gasteiger partial charge in [0.05, 0.1) is 0 Å². The highest BCUT2D eigenvalue weighted by Crippen LogP contribution is 2.41. The van der Waals surface area contributed by atoms with Gasteiger partial charge >= 0.3 is 26.9 Å². The third kappa shape index (κ3) is 4.98. The van der Waals surface area contributed by atoms with E-state index in [-0.39, 0.29) is 0 Å². The summed E-state index contributed by atoms with van der Waals surface area (Å²) >= 11 is 0. The molecule has 0 rings (SSSR count). The molecule has 14 heteroatoms. The summed E-state index contributed by atoms with van der Waals surface area (Å²) in [6.07, 6.45) is -16.1. The van der Waals surface area contributed by atoms with E-state index in [1.54, 1.807) is 0 Å². The van der Waals surface area contributed by atoms with Crippen molar-refractivity contribution in [2.24, 2.45) is 0 Å². The third-order valence-corrected chi connectivity index (χ3v) is 4.67. The van der Waals surface area contributed by atoms with Gasteiger partial charge in [-0.3, -0.25) is 4.74 Å². The average Bonchev–Trinajstić information content (AvgIpc) is 2.31. The summed E-state index contributed by atoms with van der Waals surface area (Å²) in [6.45, 7) is -1.96. The van der Waals surface area contributed by atoms with Gasteiger partial charge in [-0.15, -0.1) is 13.2 Å². The fraction of sp³-hybridized carbons (Fsp3) is 1.00. The minimum atomic E-state index is -6.01. The van der Waals surface area contributed by atoms with Gasteiger partial charge in [0.15, 0.2) is 0 Å². The lowest BCUT2D eigenvalue weighted by Crippen LogP contribution is -2.66. The molecule has 0 bridgehead atoms. The smallest absolute Gasteiger partial charge is 0.373 e. The van der Waals surface area contributed by atoms with Gasteiger partial charge in [-0.25, -0.2) is 4.39 Å². The second-order valence-corrected chi connectivity index (χ2v) is 6.23. The van der Waals surface area contributed by atoms with Crippen LogP contribution >= 0.6 is 0 Å². The van der Waals surface area contributed by atoms with Crippen molar-refractivity contribution < 1.29 is 57.5 Å². The first-order chi connectivity index (χ1) is 9.23. The van der Waals surface area contributed by atoms with Crippen LogP contribution in [-0.2, 0) is 18.0 Å². The first-order valence-electron chi connectivity index (χ1n) is 4.77. The van der Waals surface area contributed by atoms with E-state index in [1.165, 1.54) is 0 Å². The number of rotatable bonds is 7. The zero-order chi connectivity index (χ0) is 17.1. The van der Waals surface area contributed by atoms with Crippen LogP contribution in [0.15, 0.2) is 0 Å². The molecule has 0 amide bonds. The number of ether oxygens (including phenoxy) is 1. The lowest BCUT2D eigenvalue weighted by molar-refractivity contribution is -0.346. The van der Waals surface area contributed by atoms with Crippen LogP contribution in [0.1, 0.15) is 0 Å². The highest BCUT2D eigenvalue weighted by Gasteiger charge is 2.74. The largest absolute Gasteiger partial charge is 0.579 e. The lowest BCUT2D eigenvalue weighted by atomic mass is 10.4. The Bertz CT molecular complexity index is 327. The van der Waals surface area contributed by atoms with Crippen molar-refractivity contribution in [3.05, 3.63) is 0 Å². The van der Waals surface area contributed by atoms with Crippen molar-refractivity contribution >= 4 is 8.80 Å². The van der Waals surface area contributed by atoms with Crippen molar-refractivity contribution in [3.8, 4) is 0 Å². The van der Waals surface area contributed by atoms with Crippen molar-refractivity contribution in [2.75, 3.05) is 21.0 Å². The fourth-order valence-electron chi connectivity index (χ4n) is 1.10. The van der Waals surface area contributed by atoms with Crippen molar-refractivity contribution in [1.82, 2.24) is 0 Å². The Morgan fingerprint density at radius 1 is 0.905 bits per heavy atom. The third-order valence-electron chi connectivity index (χ3n) is 2.02. The highest BCUT2D eigenvalue weighted by atomic mass is 28.4. The van der Waals surface area contributed by atoms with Crippen LogP contribution in [0.4, 0.5) is 39.5 Å². The maximum absolute atomic E-state index is 13.5. The Balaban J connectivity index is 5.25. The Labute approximate surface area is 113 Å². The molecular weight excluding hydrogens is 347 g/mol. The summed E-state index contributed by atoms with van der Waals surface area (Å²) in [5.41, 5.74) is -5.39. The molecule has 0 aromatic carbocycles. The Morgan fingerprint density at radius 3 is 1.62 bits per heavy atom. The molecule has 0 aliphatic rings. The monoisotopic (exact) mass is 356 g/mol. The van der Waals surface area contributed by atoms with Gasteiger partial charge in [0.1, 0.15) is 6.79 Å². The zero-order valence-electron chi connectivity index (χ0n) is 10.3. The van der Waals surface area contributed by atoms with Crippen LogP contribution < -0.4 is 0 Å². The predicted molar refractivity (Wildman–Crippen MR) is 48.8 cm³/mol. The SMILES string of the molecule is CO[Si](OC)(OCOC(F)(F)F)C(F)(F)C(F)C(F)(F)F. The minimum absolute atomic E-state index is 0.375. The van der Waals surface area contributed by atoms with Crippen LogP contribution in [0.3, 0.4) is 0 Å². The van der Waals surface area contributed by atoms with Crippen LogP contribution in [0.2, 0.25) is 0 Å². The normalized spacial score (nSPS) is 16.1. The summed E-state index contributed by atoms with van der Waals surface area (Å²) in [5.74, 6) is 0. The average molecular weight is 356 g/mol. The molecule has 0 aliphatic heterocycles. The van der Waals surface area contributed by atoms with E-state index in [0.29, 0.717) is 14.2 Å². The Hall–Kier alpha value is -0.573. The van der Waals surface area contributed by atoms with Crippen LogP contribution in [0.5, 0.6) is 0 Å². The molecule has 0 N–H and O–H groups in total. The molecule has 1 unspecified atom stereocenters. The summed E-state index contributed by atoms with van der Waals surface area (Å²) in [5, 5.41) is 0. The molecule has 0 saturated heterocycles.